The Kier molecular flexibility index (Phi) is 6.76. The van der Waals surface area contributed by atoms with Gasteiger partial charge in [0, 0.05) is 12.6 Å². The van der Waals surface area contributed by atoms with Crippen LogP contribution in [0.5, 0.6) is 0 Å². The number of nitrogens with zero attached hydrogens (tertiary/aromatic N) is 3. The van der Waals surface area contributed by atoms with E-state index in [1.807, 2.05) is 0 Å². The van der Waals surface area contributed by atoms with E-state index in [4.69, 9.17) is 17.3 Å². The van der Waals surface area contributed by atoms with Gasteiger partial charge in [-0.25, -0.2) is 9.37 Å². The maximum atomic E-state index is 13.8. The lowest BCUT2D eigenvalue weighted by molar-refractivity contribution is -0.147. The van der Waals surface area contributed by atoms with Crippen LogP contribution in [-0.2, 0) is 4.79 Å². The van der Waals surface area contributed by atoms with Gasteiger partial charge in [0.15, 0.2) is 5.69 Å². The zero-order valence-electron chi connectivity index (χ0n) is 19.3. The number of amides is 3. The lowest BCUT2D eigenvalue weighted by atomic mass is 9.71. The van der Waals surface area contributed by atoms with E-state index >= 15 is 0 Å². The fourth-order valence-corrected chi connectivity index (χ4v) is 5.42. The van der Waals surface area contributed by atoms with Crippen LogP contribution in [-0.4, -0.2) is 57.9 Å². The number of carbonyl (C=O) groups excluding carboxylic acids is 3. The number of nitrogens with two attached hydrogens (primary N) is 1. The Hall–Kier alpha value is -3.15. The molecule has 0 radical (unpaired) electrons. The van der Waals surface area contributed by atoms with Crippen LogP contribution in [0.15, 0.2) is 18.5 Å². The third-order valence-corrected chi connectivity index (χ3v) is 7.39. The number of anilines is 1. The first-order chi connectivity index (χ1) is 16.8. The van der Waals surface area contributed by atoms with Crippen molar-refractivity contribution in [3.63, 3.8) is 0 Å². The van der Waals surface area contributed by atoms with Gasteiger partial charge in [0.05, 0.1) is 22.5 Å². The summed E-state index contributed by atoms with van der Waals surface area (Å²) in [6.07, 6.45) is -2.40. The van der Waals surface area contributed by atoms with Crippen molar-refractivity contribution in [2.24, 2.45) is 11.1 Å². The smallest absolute Gasteiger partial charge is 0.364 e. The van der Waals surface area contributed by atoms with E-state index in [2.05, 4.69) is 9.97 Å². The quantitative estimate of drug-likeness (QED) is 0.570. The molecule has 2 aromatic rings. The fraction of sp³-hybridized carbons (Fsp3) is 0.478. The highest BCUT2D eigenvalue weighted by molar-refractivity contribution is 6.34. The molecule has 2 fully saturated rings. The molecule has 3 amide bonds. The summed E-state index contributed by atoms with van der Waals surface area (Å²) in [6.45, 7) is 0.375. The van der Waals surface area contributed by atoms with Crippen molar-refractivity contribution in [3.05, 3.63) is 46.3 Å². The van der Waals surface area contributed by atoms with Crippen LogP contribution in [0.2, 0.25) is 5.02 Å². The highest BCUT2D eigenvalue weighted by Gasteiger charge is 2.51. The molecular weight excluding hydrogens is 506 g/mol. The van der Waals surface area contributed by atoms with Gasteiger partial charge in [-0.2, -0.15) is 13.2 Å². The van der Waals surface area contributed by atoms with E-state index in [1.165, 1.54) is 11.0 Å². The molecule has 0 unspecified atom stereocenters. The summed E-state index contributed by atoms with van der Waals surface area (Å²) in [5.74, 6) is -2.78. The number of imidazole rings is 1. The summed E-state index contributed by atoms with van der Waals surface area (Å²) in [7, 11) is 0. The molecule has 1 aliphatic heterocycles. The SMILES string of the molecule is Cc1cc(N2CC[C@]3(CC[C@@H](N(CC(F)(F)F)C(=O)c4nc[nH]c4C(N)=O)CC3)C2=O)c(Cl)cc1F. The monoisotopic (exact) mass is 529 g/mol. The third kappa shape index (κ3) is 4.78. The molecule has 1 aromatic carbocycles. The number of benzene rings is 1. The number of alkyl halides is 3. The molecule has 1 aromatic heterocycles. The predicted octanol–water partition coefficient (Wildman–Crippen LogP) is 3.98. The molecule has 2 aliphatic rings. The summed E-state index contributed by atoms with van der Waals surface area (Å²) in [5, 5.41) is 0.100. The first kappa shape index (κ1) is 25.9. The van der Waals surface area contributed by atoms with E-state index in [0.29, 0.717) is 29.1 Å². The third-order valence-electron chi connectivity index (χ3n) is 7.08. The Balaban J connectivity index is 1.54. The molecule has 194 valence electrons. The highest BCUT2D eigenvalue weighted by Crippen LogP contribution is 2.48. The average Bonchev–Trinajstić information content (AvgIpc) is 3.41. The van der Waals surface area contributed by atoms with Gasteiger partial charge in [0.2, 0.25) is 5.91 Å². The molecule has 4 rings (SSSR count). The molecule has 2 heterocycles. The standard InChI is InChI=1S/C23H24ClF4N5O3/c1-12-8-16(14(24)9-15(12)25)32-7-6-22(21(32)36)4-2-13(3-5-22)33(10-23(26,27)28)20(35)18-17(19(29)34)30-11-31-18/h8-9,11,13H,2-7,10H2,1H3,(H2,29,34)(H,30,31)/t13-,22-. The van der Waals surface area contributed by atoms with Crippen molar-refractivity contribution in [1.82, 2.24) is 14.9 Å². The number of hydrogen-bond donors (Lipinski definition) is 2. The minimum Gasteiger partial charge on any atom is -0.364 e. The number of nitrogens with one attached hydrogen (secondary N) is 1. The van der Waals surface area contributed by atoms with Crippen molar-refractivity contribution >= 4 is 35.0 Å². The molecule has 36 heavy (non-hydrogen) atoms. The topological polar surface area (TPSA) is 112 Å². The fourth-order valence-electron chi connectivity index (χ4n) is 5.17. The molecule has 13 heteroatoms. The number of carbonyl (C=O) groups is 3. The predicted molar refractivity (Wildman–Crippen MR) is 122 cm³/mol. The Labute approximate surface area is 208 Å². The van der Waals surface area contributed by atoms with Crippen LogP contribution in [0.4, 0.5) is 23.2 Å². The number of rotatable bonds is 5. The molecule has 0 atom stereocenters. The van der Waals surface area contributed by atoms with E-state index in [0.717, 1.165) is 12.4 Å². The molecule has 3 N–H and O–H groups in total. The molecular formula is C23H24ClF4N5O3. The van der Waals surface area contributed by atoms with E-state index < -0.39 is 47.5 Å². The Morgan fingerprint density at radius 1 is 1.28 bits per heavy atom. The van der Waals surface area contributed by atoms with Gasteiger partial charge in [-0.15, -0.1) is 0 Å². The van der Waals surface area contributed by atoms with Gasteiger partial charge in [0.1, 0.15) is 18.1 Å². The van der Waals surface area contributed by atoms with Gasteiger partial charge >= 0.3 is 6.18 Å². The Morgan fingerprint density at radius 2 is 1.94 bits per heavy atom. The first-order valence-electron chi connectivity index (χ1n) is 11.3. The second-order valence-electron chi connectivity index (χ2n) is 9.31. The second kappa shape index (κ2) is 9.38. The zero-order chi connectivity index (χ0) is 26.4. The summed E-state index contributed by atoms with van der Waals surface area (Å²) in [5.41, 5.74) is 4.29. The maximum Gasteiger partial charge on any atom is 0.406 e. The number of aryl methyl sites for hydroxylation is 1. The van der Waals surface area contributed by atoms with Gasteiger partial charge in [-0.1, -0.05) is 11.6 Å². The van der Waals surface area contributed by atoms with Gasteiger partial charge in [-0.05, 0) is 56.7 Å². The van der Waals surface area contributed by atoms with E-state index in [-0.39, 0.29) is 42.3 Å². The van der Waals surface area contributed by atoms with Crippen molar-refractivity contribution < 1.29 is 31.9 Å². The highest BCUT2D eigenvalue weighted by atomic mass is 35.5. The minimum atomic E-state index is -4.69. The normalized spacial score (nSPS) is 22.3. The van der Waals surface area contributed by atoms with Gasteiger partial charge in [-0.3, -0.25) is 14.4 Å². The lowest BCUT2D eigenvalue weighted by Gasteiger charge is -2.40. The number of aromatic amines is 1. The summed E-state index contributed by atoms with van der Waals surface area (Å²) in [4.78, 5) is 46.3. The molecule has 1 saturated carbocycles. The van der Waals surface area contributed by atoms with Crippen LogP contribution in [0.25, 0.3) is 0 Å². The summed E-state index contributed by atoms with van der Waals surface area (Å²) >= 11 is 6.19. The largest absolute Gasteiger partial charge is 0.406 e. The van der Waals surface area contributed by atoms with Gasteiger partial charge in [0.25, 0.3) is 11.8 Å². The van der Waals surface area contributed by atoms with Crippen molar-refractivity contribution in [2.45, 2.75) is 51.2 Å². The lowest BCUT2D eigenvalue weighted by Crippen LogP contribution is -2.49. The number of hydrogen-bond acceptors (Lipinski definition) is 4. The van der Waals surface area contributed by atoms with Crippen molar-refractivity contribution in [3.8, 4) is 0 Å². The Morgan fingerprint density at radius 3 is 2.56 bits per heavy atom. The summed E-state index contributed by atoms with van der Waals surface area (Å²) < 4.78 is 54.0. The van der Waals surface area contributed by atoms with Crippen LogP contribution in [0, 0.1) is 18.2 Å². The van der Waals surface area contributed by atoms with Crippen molar-refractivity contribution in [2.75, 3.05) is 18.0 Å². The van der Waals surface area contributed by atoms with Crippen LogP contribution in [0.1, 0.15) is 58.6 Å². The number of halogens is 5. The second-order valence-corrected chi connectivity index (χ2v) is 9.72. The molecule has 0 bridgehead atoms. The zero-order valence-corrected chi connectivity index (χ0v) is 20.0. The summed E-state index contributed by atoms with van der Waals surface area (Å²) in [6, 6.07) is 1.84. The average molecular weight is 530 g/mol. The van der Waals surface area contributed by atoms with Crippen molar-refractivity contribution in [1.29, 1.82) is 0 Å². The molecule has 1 aliphatic carbocycles. The van der Waals surface area contributed by atoms with E-state index in [1.54, 1.807) is 6.92 Å². The minimum absolute atomic E-state index is 0.100. The molecule has 1 spiro atoms. The molecule has 1 saturated heterocycles. The van der Waals surface area contributed by atoms with Gasteiger partial charge < -0.3 is 20.5 Å². The van der Waals surface area contributed by atoms with Crippen LogP contribution >= 0.6 is 11.6 Å². The number of H-pyrrole nitrogens is 1. The number of aromatic nitrogens is 2. The maximum absolute atomic E-state index is 13.8. The number of primary amides is 1. The first-order valence-corrected chi connectivity index (χ1v) is 11.7. The van der Waals surface area contributed by atoms with E-state index in [9.17, 15) is 31.9 Å². The van der Waals surface area contributed by atoms with Crippen LogP contribution in [0.3, 0.4) is 0 Å². The van der Waals surface area contributed by atoms with Crippen LogP contribution < -0.4 is 10.6 Å². The Bertz CT molecular complexity index is 1210. The molecule has 8 nitrogen and oxygen atoms in total.